The van der Waals surface area contributed by atoms with E-state index < -0.39 is 37.8 Å². The molecule has 1 aliphatic rings. The van der Waals surface area contributed by atoms with Crippen molar-refractivity contribution in [3.63, 3.8) is 0 Å². The molecule has 0 spiro atoms. The van der Waals surface area contributed by atoms with Gasteiger partial charge in [0.2, 0.25) is 5.95 Å². The topological polar surface area (TPSA) is 126 Å². The van der Waals surface area contributed by atoms with Crippen molar-refractivity contribution in [1.82, 2.24) is 14.9 Å². The molecule has 4 rings (SSSR count). The van der Waals surface area contributed by atoms with Gasteiger partial charge in [-0.2, -0.15) is 18.2 Å². The van der Waals surface area contributed by atoms with Crippen LogP contribution in [0.25, 0.3) is 0 Å². The van der Waals surface area contributed by atoms with Crippen molar-refractivity contribution in [3.8, 4) is 0 Å². The maximum Gasteiger partial charge on any atom is 0.421 e. The minimum atomic E-state index is -4.80. The van der Waals surface area contributed by atoms with E-state index in [0.29, 0.717) is 31.3 Å². The van der Waals surface area contributed by atoms with Crippen LogP contribution in [0, 0.1) is 0 Å². The summed E-state index contributed by atoms with van der Waals surface area (Å²) in [5.74, 6) is -2.46. The Hall–Kier alpha value is -3.80. The van der Waals surface area contributed by atoms with Gasteiger partial charge in [-0.05, 0) is 43.7 Å². The average Bonchev–Trinajstić information content (AvgIpc) is 3.19. The number of aromatic nitrogens is 2. The summed E-state index contributed by atoms with van der Waals surface area (Å²) in [6.07, 6.45) is -3.57. The van der Waals surface area contributed by atoms with E-state index in [4.69, 9.17) is 9.05 Å². The molecule has 212 valence electrons. The molecular formula is C26H27F3N5O5P. The summed E-state index contributed by atoms with van der Waals surface area (Å²) in [6.45, 7) is 4.86. The molecule has 14 heteroatoms. The maximum absolute atomic E-state index is 13.8. The lowest BCUT2D eigenvalue weighted by Gasteiger charge is -2.17. The molecule has 2 aromatic carbocycles. The van der Waals surface area contributed by atoms with Gasteiger partial charge in [-0.3, -0.25) is 4.79 Å². The number of carboxylic acids is 1. The number of alkyl halides is 3. The smallest absolute Gasteiger partial charge is 0.421 e. The zero-order valence-electron chi connectivity index (χ0n) is 21.9. The number of anilines is 4. The van der Waals surface area contributed by atoms with Crippen molar-refractivity contribution in [1.29, 1.82) is 0 Å². The molecule has 0 radical (unpaired) electrons. The van der Waals surface area contributed by atoms with Gasteiger partial charge in [-0.1, -0.05) is 12.1 Å². The normalized spacial score (nSPS) is 13.1. The number of nitrogens with zero attached hydrogens (tertiary/aromatic N) is 3. The summed E-state index contributed by atoms with van der Waals surface area (Å²) in [4.78, 5) is 33.6. The van der Waals surface area contributed by atoms with E-state index >= 15 is 0 Å². The first-order valence-electron chi connectivity index (χ1n) is 12.3. The van der Waals surface area contributed by atoms with Crippen LogP contribution in [0.1, 0.15) is 51.3 Å². The highest BCUT2D eigenvalue weighted by Gasteiger charge is 2.37. The van der Waals surface area contributed by atoms with Crippen molar-refractivity contribution in [2.24, 2.45) is 0 Å². The van der Waals surface area contributed by atoms with Crippen LogP contribution in [-0.2, 0) is 27.9 Å². The maximum atomic E-state index is 13.8. The average molecular weight is 578 g/mol. The molecule has 40 heavy (non-hydrogen) atoms. The third-order valence-electron chi connectivity index (χ3n) is 5.91. The second-order valence-electron chi connectivity index (χ2n) is 8.71. The number of amides is 1. The summed E-state index contributed by atoms with van der Waals surface area (Å²) in [5, 5.41) is 15.0. The first-order chi connectivity index (χ1) is 19.0. The Balaban J connectivity index is 1.62. The Morgan fingerprint density at radius 1 is 1.10 bits per heavy atom. The van der Waals surface area contributed by atoms with Gasteiger partial charge in [0.25, 0.3) is 5.91 Å². The fourth-order valence-electron chi connectivity index (χ4n) is 4.12. The quantitative estimate of drug-likeness (QED) is 0.230. The molecule has 0 fully saturated rings. The zero-order valence-corrected chi connectivity index (χ0v) is 22.8. The minimum absolute atomic E-state index is 0.00829. The van der Waals surface area contributed by atoms with Crippen LogP contribution in [0.2, 0.25) is 0 Å². The summed E-state index contributed by atoms with van der Waals surface area (Å²) in [6, 6.07) is 9.66. The largest absolute Gasteiger partial charge is 0.478 e. The summed E-state index contributed by atoms with van der Waals surface area (Å²) < 4.78 is 52.8. The number of carbonyl (C=O) groups excluding carboxylic acids is 1. The van der Waals surface area contributed by atoms with Crippen LogP contribution >= 0.6 is 8.38 Å². The molecule has 0 aliphatic carbocycles. The Morgan fingerprint density at radius 2 is 1.77 bits per heavy atom. The lowest BCUT2D eigenvalue weighted by atomic mass is 10.0. The van der Waals surface area contributed by atoms with Crippen molar-refractivity contribution >= 4 is 43.4 Å². The second kappa shape index (κ2) is 12.2. The van der Waals surface area contributed by atoms with E-state index in [-0.39, 0.29) is 34.9 Å². The van der Waals surface area contributed by atoms with Gasteiger partial charge < -0.3 is 29.7 Å². The molecule has 1 amide bonds. The van der Waals surface area contributed by atoms with Gasteiger partial charge in [0.05, 0.1) is 30.0 Å². The molecule has 10 nitrogen and oxygen atoms in total. The molecule has 0 saturated heterocycles. The SMILES string of the molecule is CCOP(Cc1ccc(Nc2ncc(C(F)(F)F)c(Nc3ccc(C(=O)O)c4c3C(=O)N(C)C4)n2)cc1)OCC. The molecule has 0 saturated carbocycles. The first kappa shape index (κ1) is 29.2. The highest BCUT2D eigenvalue weighted by atomic mass is 31.2. The summed E-state index contributed by atoms with van der Waals surface area (Å²) in [7, 11) is 0.406. The van der Waals surface area contributed by atoms with E-state index in [9.17, 15) is 27.9 Å². The molecular weight excluding hydrogens is 550 g/mol. The second-order valence-corrected chi connectivity index (χ2v) is 10.2. The fraction of sp³-hybridized carbons (Fsp3) is 0.308. The highest BCUT2D eigenvalue weighted by molar-refractivity contribution is 7.46. The van der Waals surface area contributed by atoms with Crippen LogP contribution in [0.15, 0.2) is 42.6 Å². The monoisotopic (exact) mass is 577 g/mol. The van der Waals surface area contributed by atoms with Crippen LogP contribution in [0.3, 0.4) is 0 Å². The number of hydrogen-bond donors (Lipinski definition) is 3. The molecule has 0 atom stereocenters. The number of rotatable bonds is 11. The number of benzene rings is 2. The van der Waals surface area contributed by atoms with Crippen molar-refractivity contribution < 1.29 is 36.9 Å². The number of hydrogen-bond acceptors (Lipinski definition) is 8. The summed E-state index contributed by atoms with van der Waals surface area (Å²) >= 11 is 0. The summed E-state index contributed by atoms with van der Waals surface area (Å²) in [5.41, 5.74) is 0.453. The van der Waals surface area contributed by atoms with Gasteiger partial charge in [0.15, 0.2) is 8.38 Å². The van der Waals surface area contributed by atoms with Crippen LogP contribution in [0.4, 0.5) is 36.3 Å². The third kappa shape index (κ3) is 6.49. The number of aromatic carboxylic acids is 1. The van der Waals surface area contributed by atoms with Crippen molar-refractivity contribution in [3.05, 3.63) is 70.4 Å². The Kier molecular flexibility index (Phi) is 8.87. The predicted octanol–water partition coefficient (Wildman–Crippen LogP) is 6.15. The van der Waals surface area contributed by atoms with E-state index in [2.05, 4.69) is 20.6 Å². The van der Waals surface area contributed by atoms with Crippen molar-refractivity contribution in [2.75, 3.05) is 30.9 Å². The van der Waals surface area contributed by atoms with E-state index in [1.807, 2.05) is 26.0 Å². The Morgan fingerprint density at radius 3 is 2.38 bits per heavy atom. The van der Waals surface area contributed by atoms with Gasteiger partial charge in [-0.25, -0.2) is 9.78 Å². The molecule has 1 aliphatic heterocycles. The number of carbonyl (C=O) groups is 2. The standard InChI is InChI=1S/C26H27F3N5O5P/c1-4-38-40(39-5-2)14-15-6-8-16(9-7-15)31-25-30-12-19(26(27,28)29)22(33-25)32-20-11-10-17(24(36)37)18-13-34(3)23(35)21(18)20/h6-12H,4-5,13-14H2,1-3H3,(H,36,37)(H2,30,31,32,33). The first-order valence-corrected chi connectivity index (χ1v) is 13.6. The number of fused-ring (bicyclic) bond motifs is 1. The van der Waals surface area contributed by atoms with Gasteiger partial charge in [-0.15, -0.1) is 0 Å². The fourth-order valence-corrected chi connectivity index (χ4v) is 5.46. The molecule has 0 bridgehead atoms. The van der Waals surface area contributed by atoms with E-state index in [1.165, 1.54) is 24.1 Å². The lowest BCUT2D eigenvalue weighted by Crippen LogP contribution is -2.18. The molecule has 3 aromatic rings. The molecule has 3 N–H and O–H groups in total. The third-order valence-corrected chi connectivity index (χ3v) is 7.63. The number of nitrogens with one attached hydrogen (secondary N) is 2. The van der Waals surface area contributed by atoms with Crippen LogP contribution in [-0.4, -0.2) is 52.1 Å². The van der Waals surface area contributed by atoms with Crippen LogP contribution in [0.5, 0.6) is 0 Å². The number of carboxylic acid groups (broad SMARTS) is 1. The Labute approximate surface area is 229 Å². The Bertz CT molecular complexity index is 1400. The van der Waals surface area contributed by atoms with Gasteiger partial charge in [0, 0.05) is 37.2 Å². The van der Waals surface area contributed by atoms with Crippen LogP contribution < -0.4 is 10.6 Å². The lowest BCUT2D eigenvalue weighted by molar-refractivity contribution is -0.137. The predicted molar refractivity (Wildman–Crippen MR) is 143 cm³/mol. The van der Waals surface area contributed by atoms with Crippen molar-refractivity contribution in [2.45, 2.75) is 32.7 Å². The zero-order chi connectivity index (χ0) is 29.0. The molecule has 2 heterocycles. The van der Waals surface area contributed by atoms with E-state index in [0.717, 1.165) is 5.56 Å². The van der Waals surface area contributed by atoms with Gasteiger partial charge in [0.1, 0.15) is 11.4 Å². The molecule has 0 unspecified atom stereocenters. The molecule has 1 aromatic heterocycles. The van der Waals surface area contributed by atoms with E-state index in [1.54, 1.807) is 12.1 Å². The highest BCUT2D eigenvalue weighted by Crippen LogP contribution is 2.42. The van der Waals surface area contributed by atoms with Gasteiger partial charge >= 0.3 is 12.1 Å². The minimum Gasteiger partial charge on any atom is -0.478 e. The number of halogens is 3.